The highest BCUT2D eigenvalue weighted by Gasteiger charge is 2.60. The Morgan fingerprint density at radius 3 is 2.00 bits per heavy atom. The molecule has 0 aromatic carbocycles. The van der Waals surface area contributed by atoms with Crippen molar-refractivity contribution < 1.29 is 9.90 Å². The average molecular weight is 422 g/mol. The van der Waals surface area contributed by atoms with Crippen molar-refractivity contribution in [1.82, 2.24) is 0 Å². The summed E-state index contributed by atoms with van der Waals surface area (Å²) in [6, 6.07) is 0. The lowest BCUT2D eigenvalue weighted by molar-refractivity contribution is -0.139. The van der Waals surface area contributed by atoms with Crippen LogP contribution in [0.4, 0.5) is 0 Å². The van der Waals surface area contributed by atoms with E-state index in [0.29, 0.717) is 0 Å². The van der Waals surface area contributed by atoms with Crippen molar-refractivity contribution in [1.29, 1.82) is 0 Å². The maximum atomic E-state index is 10.7. The van der Waals surface area contributed by atoms with Crippen LogP contribution in [0.1, 0.15) is 27.7 Å². The van der Waals surface area contributed by atoms with Gasteiger partial charge in [0.1, 0.15) is 0 Å². The third-order valence-corrected chi connectivity index (χ3v) is 2.69. The fourth-order valence-corrected chi connectivity index (χ4v) is 1.82. The predicted molar refractivity (Wildman–Crippen MR) is 75.9 cm³/mol. The van der Waals surface area contributed by atoms with Gasteiger partial charge in [-0.25, -0.2) is 0 Å². The molecule has 0 spiro atoms. The summed E-state index contributed by atoms with van der Waals surface area (Å²) in [5, 5.41) is 8.84. The Balaban J connectivity index is 0.000000791. The minimum Gasteiger partial charge on any atom is -0.481 e. The molecule has 0 radical (unpaired) electrons. The van der Waals surface area contributed by atoms with Crippen molar-refractivity contribution in [2.75, 3.05) is 0 Å². The van der Waals surface area contributed by atoms with Crippen LogP contribution >= 0.6 is 37.2 Å². The maximum Gasteiger partial charge on any atom is 0.307 e. The first kappa shape index (κ1) is 14.7. The van der Waals surface area contributed by atoms with E-state index in [4.69, 9.17) is 5.11 Å². The highest BCUT2D eigenvalue weighted by Crippen LogP contribution is 2.59. The first-order chi connectivity index (χ1) is 6.37. The molecule has 1 fully saturated rings. The van der Waals surface area contributed by atoms with Crippen LogP contribution in [0.15, 0.2) is 11.6 Å². The number of allylic oxidation sites excluding steroid dienone is 2. The van der Waals surface area contributed by atoms with E-state index >= 15 is 0 Å². The number of hydrogen-bond donors (Lipinski definition) is 1. The van der Waals surface area contributed by atoms with Crippen LogP contribution in [0.3, 0.4) is 0 Å². The zero-order valence-corrected chi connectivity index (χ0v) is 13.2. The highest BCUT2D eigenvalue weighted by atomic mass is 128. The van der Waals surface area contributed by atoms with E-state index < -0.39 is 5.97 Å². The second kappa shape index (κ2) is 5.67. The SMILES string of the molecule is CC(C)=C[C@H]1C(C(=O)O)C1(C)C.II. The van der Waals surface area contributed by atoms with Crippen molar-refractivity contribution in [3.63, 3.8) is 0 Å². The van der Waals surface area contributed by atoms with Gasteiger partial charge in [-0.05, 0) is 25.2 Å². The van der Waals surface area contributed by atoms with E-state index in [-0.39, 0.29) is 17.3 Å². The summed E-state index contributed by atoms with van der Waals surface area (Å²) in [6.07, 6.45) is 2.07. The van der Waals surface area contributed by atoms with Crippen molar-refractivity contribution >= 4 is 43.2 Å². The number of carboxylic acid groups (broad SMARTS) is 1. The second-order valence-corrected chi connectivity index (χ2v) is 4.41. The number of aliphatic carboxylic acids is 1. The van der Waals surface area contributed by atoms with E-state index in [9.17, 15) is 4.79 Å². The normalized spacial score (nSPS) is 27.0. The van der Waals surface area contributed by atoms with Crippen LogP contribution in [0.2, 0.25) is 0 Å². The van der Waals surface area contributed by atoms with Gasteiger partial charge in [-0.3, -0.25) is 4.79 Å². The summed E-state index contributed by atoms with van der Waals surface area (Å²) in [5.41, 5.74) is 1.17. The molecule has 2 atom stereocenters. The summed E-state index contributed by atoms with van der Waals surface area (Å²) in [5.74, 6) is -0.602. The van der Waals surface area contributed by atoms with Gasteiger partial charge in [0, 0.05) is 37.2 Å². The van der Waals surface area contributed by atoms with E-state index in [1.165, 1.54) is 5.57 Å². The van der Waals surface area contributed by atoms with Gasteiger partial charge in [0.2, 0.25) is 0 Å². The molecule has 14 heavy (non-hydrogen) atoms. The zero-order valence-electron chi connectivity index (χ0n) is 8.84. The van der Waals surface area contributed by atoms with Gasteiger partial charge >= 0.3 is 5.97 Å². The van der Waals surface area contributed by atoms with Crippen LogP contribution in [-0.2, 0) is 4.79 Å². The summed E-state index contributed by atoms with van der Waals surface area (Å²) < 4.78 is 0. The molecule has 1 N–H and O–H groups in total. The van der Waals surface area contributed by atoms with Gasteiger partial charge in [0.25, 0.3) is 0 Å². The van der Waals surface area contributed by atoms with E-state index in [0.717, 1.165) is 0 Å². The number of hydrogen-bond acceptors (Lipinski definition) is 1. The molecule has 4 heteroatoms. The molecular formula is C10H16I2O2. The molecule has 0 bridgehead atoms. The van der Waals surface area contributed by atoms with E-state index in [1.807, 2.05) is 27.7 Å². The first-order valence-corrected chi connectivity index (χ1v) is 10.7. The average Bonchev–Trinajstić information content (AvgIpc) is 2.56. The smallest absolute Gasteiger partial charge is 0.307 e. The largest absolute Gasteiger partial charge is 0.481 e. The van der Waals surface area contributed by atoms with Crippen LogP contribution in [0.25, 0.3) is 0 Å². The lowest BCUT2D eigenvalue weighted by Gasteiger charge is -1.96. The summed E-state index contributed by atoms with van der Waals surface area (Å²) in [7, 11) is 0. The highest BCUT2D eigenvalue weighted by molar-refractivity contribution is 15.0. The first-order valence-electron chi connectivity index (χ1n) is 4.39. The minimum absolute atomic E-state index is 0.0386. The quantitative estimate of drug-likeness (QED) is 0.538. The molecule has 1 aliphatic carbocycles. The standard InChI is InChI=1S/C10H16O2.I2/c1-6(2)5-7-8(9(11)12)10(7,3)4;1-2/h5,7-8H,1-4H3,(H,11,12);/t7-,8?;/m0./s1. The van der Waals surface area contributed by atoms with Gasteiger partial charge in [-0.15, -0.1) is 0 Å². The fourth-order valence-electron chi connectivity index (χ4n) is 1.82. The molecule has 1 aliphatic rings. The van der Waals surface area contributed by atoms with Crippen molar-refractivity contribution in [2.45, 2.75) is 27.7 Å². The van der Waals surface area contributed by atoms with Crippen molar-refractivity contribution in [3.05, 3.63) is 11.6 Å². The lowest BCUT2D eigenvalue weighted by Crippen LogP contribution is -2.02. The topological polar surface area (TPSA) is 37.3 Å². The summed E-state index contributed by atoms with van der Waals surface area (Å²) >= 11 is 4.24. The second-order valence-electron chi connectivity index (χ2n) is 4.41. The van der Waals surface area contributed by atoms with Gasteiger partial charge in [0.05, 0.1) is 5.92 Å². The molecule has 1 saturated carbocycles. The Morgan fingerprint density at radius 2 is 1.79 bits per heavy atom. The van der Waals surface area contributed by atoms with Gasteiger partial charge < -0.3 is 5.11 Å². The molecule has 0 aliphatic heterocycles. The Bertz CT molecular complexity index is 243. The predicted octanol–water partition coefficient (Wildman–Crippen LogP) is 4.08. The monoisotopic (exact) mass is 422 g/mol. The molecule has 0 aromatic rings. The zero-order chi connectivity index (χ0) is 11.5. The molecule has 1 unspecified atom stereocenters. The molecule has 0 saturated heterocycles. The third-order valence-electron chi connectivity index (χ3n) is 2.69. The van der Waals surface area contributed by atoms with Crippen LogP contribution in [0, 0.1) is 17.3 Å². The third kappa shape index (κ3) is 3.36. The van der Waals surface area contributed by atoms with E-state index in [1.54, 1.807) is 0 Å². The van der Waals surface area contributed by atoms with Crippen molar-refractivity contribution in [3.8, 4) is 0 Å². The van der Waals surface area contributed by atoms with E-state index in [2.05, 4.69) is 43.3 Å². The molecule has 1 rings (SSSR count). The molecule has 2 nitrogen and oxygen atoms in total. The number of carbonyl (C=O) groups is 1. The fraction of sp³-hybridized carbons (Fsp3) is 0.700. The summed E-state index contributed by atoms with van der Waals surface area (Å²) in [4.78, 5) is 10.7. The molecule has 82 valence electrons. The van der Waals surface area contributed by atoms with Crippen molar-refractivity contribution in [2.24, 2.45) is 17.3 Å². The van der Waals surface area contributed by atoms with Gasteiger partial charge in [-0.1, -0.05) is 25.5 Å². The minimum atomic E-state index is -0.664. The summed E-state index contributed by atoms with van der Waals surface area (Å²) in [6.45, 7) is 8.03. The molecule has 0 amide bonds. The molecule has 0 heterocycles. The lowest BCUT2D eigenvalue weighted by atomic mass is 10.1. The Kier molecular flexibility index (Phi) is 5.94. The molecule has 0 aromatic heterocycles. The van der Waals surface area contributed by atoms with Crippen LogP contribution < -0.4 is 0 Å². The molecular weight excluding hydrogens is 406 g/mol. The Labute approximate surface area is 109 Å². The maximum absolute atomic E-state index is 10.7. The van der Waals surface area contributed by atoms with Gasteiger partial charge in [-0.2, -0.15) is 0 Å². The number of carboxylic acids is 1. The Morgan fingerprint density at radius 1 is 1.36 bits per heavy atom. The van der Waals surface area contributed by atoms with Crippen LogP contribution in [0.5, 0.6) is 0 Å². The number of rotatable bonds is 2. The van der Waals surface area contributed by atoms with Crippen LogP contribution in [-0.4, -0.2) is 11.1 Å². The number of halogens is 2. The Hall–Kier alpha value is 0.670. The van der Waals surface area contributed by atoms with Gasteiger partial charge in [0.15, 0.2) is 0 Å².